The Labute approximate surface area is 89.9 Å². The second-order valence-electron chi connectivity index (χ2n) is 3.09. The zero-order valence-electron chi connectivity index (χ0n) is 8.35. The van der Waals surface area contributed by atoms with E-state index in [0.717, 1.165) is 0 Å². The molecule has 0 saturated heterocycles. The highest BCUT2D eigenvalue weighted by atomic mass is 16.4. The van der Waals surface area contributed by atoms with E-state index in [2.05, 4.69) is 10.3 Å². The molecule has 2 aromatic heterocycles. The quantitative estimate of drug-likeness (QED) is 0.759. The fourth-order valence-electron chi connectivity index (χ4n) is 1.44. The van der Waals surface area contributed by atoms with Crippen LogP contribution in [0.3, 0.4) is 0 Å². The van der Waals surface area contributed by atoms with E-state index in [0.29, 0.717) is 17.5 Å². The molecule has 0 saturated carbocycles. The van der Waals surface area contributed by atoms with Crippen LogP contribution in [0.15, 0.2) is 16.7 Å². The van der Waals surface area contributed by atoms with Gasteiger partial charge >= 0.3 is 5.97 Å². The summed E-state index contributed by atoms with van der Waals surface area (Å²) in [6.07, 6.45) is 1.77. The van der Waals surface area contributed by atoms with Gasteiger partial charge in [-0.3, -0.25) is 4.79 Å². The Bertz CT molecular complexity index is 573. The number of hydrogen-bond acceptors (Lipinski definition) is 5. The molecule has 6 heteroatoms. The number of anilines is 1. The number of aromatic carboxylic acids is 1. The number of carboxylic acid groups (broad SMARTS) is 1. The fraction of sp³-hybridized carbons (Fsp3) is 0.100. The molecule has 0 unspecified atom stereocenters. The average Bonchev–Trinajstić information content (AvgIpc) is 2.65. The minimum absolute atomic E-state index is 0.0151. The highest BCUT2D eigenvalue weighted by molar-refractivity contribution is 5.99. The summed E-state index contributed by atoms with van der Waals surface area (Å²) in [5.74, 6) is -0.989. The summed E-state index contributed by atoms with van der Waals surface area (Å²) in [4.78, 5) is 25.4. The van der Waals surface area contributed by atoms with Gasteiger partial charge in [-0.15, -0.1) is 0 Å². The van der Waals surface area contributed by atoms with Gasteiger partial charge in [0.1, 0.15) is 11.2 Å². The first-order chi connectivity index (χ1) is 7.67. The maximum Gasteiger partial charge on any atom is 0.337 e. The molecule has 0 aliphatic carbocycles. The molecule has 0 amide bonds. The molecule has 0 aliphatic rings. The molecule has 2 N–H and O–H groups in total. The predicted molar refractivity (Wildman–Crippen MR) is 55.9 cm³/mol. The molecule has 0 spiro atoms. The number of aldehydes is 1. The smallest absolute Gasteiger partial charge is 0.337 e. The number of furan rings is 1. The molecule has 0 radical (unpaired) electrons. The van der Waals surface area contributed by atoms with E-state index < -0.39 is 5.97 Å². The normalized spacial score (nSPS) is 10.3. The Morgan fingerprint density at radius 1 is 1.62 bits per heavy atom. The number of fused-ring (bicyclic) bond motifs is 1. The number of hydrogen-bond donors (Lipinski definition) is 2. The molecular formula is C10H8N2O4. The second-order valence-corrected chi connectivity index (χ2v) is 3.09. The summed E-state index contributed by atoms with van der Waals surface area (Å²) in [6.45, 7) is 0. The summed E-state index contributed by atoms with van der Waals surface area (Å²) in [5, 5.41) is 11.6. The maximum atomic E-state index is 10.7. The molecule has 82 valence electrons. The monoisotopic (exact) mass is 220 g/mol. The van der Waals surface area contributed by atoms with Crippen molar-refractivity contribution in [3.8, 4) is 0 Å². The molecule has 16 heavy (non-hydrogen) atoms. The summed E-state index contributed by atoms with van der Waals surface area (Å²) in [7, 11) is 1.63. The zero-order chi connectivity index (χ0) is 11.7. The maximum absolute atomic E-state index is 10.7. The van der Waals surface area contributed by atoms with Crippen molar-refractivity contribution in [1.29, 1.82) is 0 Å². The van der Waals surface area contributed by atoms with Crippen molar-refractivity contribution >= 4 is 29.0 Å². The number of nitrogens with one attached hydrogen (secondary N) is 1. The molecule has 6 nitrogen and oxygen atoms in total. The van der Waals surface area contributed by atoms with Gasteiger partial charge in [0.15, 0.2) is 17.6 Å². The average molecular weight is 220 g/mol. The molecule has 2 rings (SSSR count). The van der Waals surface area contributed by atoms with E-state index in [9.17, 15) is 9.59 Å². The van der Waals surface area contributed by atoms with Crippen molar-refractivity contribution in [1.82, 2.24) is 4.98 Å². The first-order valence-electron chi connectivity index (χ1n) is 4.46. The molecule has 0 bridgehead atoms. The number of pyridine rings is 1. The molecule has 2 heterocycles. The van der Waals surface area contributed by atoms with Gasteiger partial charge in [-0.25, -0.2) is 9.78 Å². The number of carbonyl (C=O) groups is 2. The summed E-state index contributed by atoms with van der Waals surface area (Å²) in [5.41, 5.74) is 1.18. The Morgan fingerprint density at radius 2 is 2.38 bits per heavy atom. The molecule has 0 aliphatic heterocycles. The van der Waals surface area contributed by atoms with Crippen LogP contribution in [0.5, 0.6) is 0 Å². The highest BCUT2D eigenvalue weighted by Gasteiger charge is 2.15. The summed E-state index contributed by atoms with van der Waals surface area (Å²) < 4.78 is 5.17. The number of rotatable bonds is 3. The van der Waals surface area contributed by atoms with E-state index in [1.807, 2.05) is 0 Å². The van der Waals surface area contributed by atoms with Crippen LogP contribution in [0.4, 0.5) is 5.69 Å². The minimum atomic E-state index is -1.09. The third-order valence-electron chi connectivity index (χ3n) is 2.16. The third kappa shape index (κ3) is 1.40. The largest absolute Gasteiger partial charge is 0.478 e. The second kappa shape index (κ2) is 3.65. The first kappa shape index (κ1) is 10.2. The van der Waals surface area contributed by atoms with Crippen LogP contribution in [0, 0.1) is 0 Å². The minimum Gasteiger partial charge on any atom is -0.478 e. The zero-order valence-corrected chi connectivity index (χ0v) is 8.35. The lowest BCUT2D eigenvalue weighted by Gasteiger charge is -1.95. The molecule has 0 aromatic carbocycles. The van der Waals surface area contributed by atoms with Gasteiger partial charge in [-0.05, 0) is 6.07 Å². The molecular weight excluding hydrogens is 212 g/mol. The van der Waals surface area contributed by atoms with Crippen LogP contribution in [-0.2, 0) is 0 Å². The summed E-state index contributed by atoms with van der Waals surface area (Å²) in [6, 6.07) is 1.33. The van der Waals surface area contributed by atoms with E-state index in [1.165, 1.54) is 12.3 Å². The van der Waals surface area contributed by atoms with Crippen molar-refractivity contribution < 1.29 is 19.1 Å². The SMILES string of the molecule is CNc1c(C=O)oc2cc(C(=O)O)cnc12. The van der Waals surface area contributed by atoms with Crippen LogP contribution < -0.4 is 5.32 Å². The molecule has 0 atom stereocenters. The van der Waals surface area contributed by atoms with Crippen LogP contribution in [0.2, 0.25) is 0 Å². The standard InChI is InChI=1S/C10H8N2O4/c1-11-8-7(4-13)16-6-2-5(10(14)15)3-12-9(6)8/h2-4,11H,1H3,(H,14,15). The van der Waals surface area contributed by atoms with Crippen molar-refractivity contribution in [3.63, 3.8) is 0 Å². The van der Waals surface area contributed by atoms with Gasteiger partial charge < -0.3 is 14.8 Å². The Kier molecular flexibility index (Phi) is 2.32. The van der Waals surface area contributed by atoms with Gasteiger partial charge in [-0.2, -0.15) is 0 Å². The van der Waals surface area contributed by atoms with E-state index in [4.69, 9.17) is 9.52 Å². The van der Waals surface area contributed by atoms with Gasteiger partial charge in [0, 0.05) is 13.2 Å². The Balaban J connectivity index is 2.72. The third-order valence-corrected chi connectivity index (χ3v) is 2.16. The first-order valence-corrected chi connectivity index (χ1v) is 4.46. The number of carboxylic acids is 1. The fourth-order valence-corrected chi connectivity index (χ4v) is 1.44. The molecule has 0 fully saturated rings. The molecule has 2 aromatic rings. The highest BCUT2D eigenvalue weighted by Crippen LogP contribution is 2.28. The number of carbonyl (C=O) groups excluding carboxylic acids is 1. The van der Waals surface area contributed by atoms with Gasteiger partial charge in [-0.1, -0.05) is 0 Å². The van der Waals surface area contributed by atoms with Crippen molar-refractivity contribution in [2.75, 3.05) is 12.4 Å². The van der Waals surface area contributed by atoms with Crippen LogP contribution in [-0.4, -0.2) is 29.4 Å². The Morgan fingerprint density at radius 3 is 2.94 bits per heavy atom. The van der Waals surface area contributed by atoms with Crippen molar-refractivity contribution in [3.05, 3.63) is 23.6 Å². The van der Waals surface area contributed by atoms with Crippen LogP contribution in [0.25, 0.3) is 11.1 Å². The van der Waals surface area contributed by atoms with Crippen LogP contribution >= 0.6 is 0 Å². The number of aromatic nitrogens is 1. The van der Waals surface area contributed by atoms with Crippen molar-refractivity contribution in [2.24, 2.45) is 0 Å². The lowest BCUT2D eigenvalue weighted by atomic mass is 10.2. The lowest BCUT2D eigenvalue weighted by Crippen LogP contribution is -1.97. The summed E-state index contributed by atoms with van der Waals surface area (Å²) >= 11 is 0. The van der Waals surface area contributed by atoms with Gasteiger partial charge in [0.25, 0.3) is 0 Å². The van der Waals surface area contributed by atoms with Gasteiger partial charge in [0.05, 0.1) is 5.56 Å². The Hall–Kier alpha value is -2.37. The van der Waals surface area contributed by atoms with E-state index >= 15 is 0 Å². The lowest BCUT2D eigenvalue weighted by molar-refractivity contribution is 0.0696. The van der Waals surface area contributed by atoms with Crippen LogP contribution in [0.1, 0.15) is 20.9 Å². The topological polar surface area (TPSA) is 92.4 Å². The van der Waals surface area contributed by atoms with E-state index in [1.54, 1.807) is 7.05 Å². The van der Waals surface area contributed by atoms with E-state index in [-0.39, 0.29) is 16.9 Å². The predicted octanol–water partition coefficient (Wildman–Crippen LogP) is 1.38. The number of nitrogens with zero attached hydrogens (tertiary/aromatic N) is 1. The van der Waals surface area contributed by atoms with Crippen molar-refractivity contribution in [2.45, 2.75) is 0 Å². The van der Waals surface area contributed by atoms with Gasteiger partial charge in [0.2, 0.25) is 0 Å².